The number of nitrogens with zero attached hydrogens (tertiary/aromatic N) is 2. The number of hydrogen-bond donors (Lipinski definition) is 1. The Labute approximate surface area is 92.9 Å². The first-order valence-corrected chi connectivity index (χ1v) is 6.05. The van der Waals surface area contributed by atoms with Crippen LogP contribution >= 0.6 is 0 Å². The number of rotatable bonds is 7. The SMILES string of the molecule is CCNC(CC)CCc1nccn1CC. The Morgan fingerprint density at radius 1 is 1.40 bits per heavy atom. The molecule has 0 aliphatic carbocycles. The molecular formula is C12H23N3. The third-order valence-electron chi connectivity index (χ3n) is 2.84. The number of aryl methyl sites for hydroxylation is 2. The van der Waals surface area contributed by atoms with Crippen LogP contribution in [0.25, 0.3) is 0 Å². The van der Waals surface area contributed by atoms with Gasteiger partial charge in [0, 0.05) is 31.4 Å². The minimum atomic E-state index is 0.636. The van der Waals surface area contributed by atoms with Crippen molar-refractivity contribution in [3.05, 3.63) is 18.2 Å². The van der Waals surface area contributed by atoms with E-state index in [0.717, 1.165) is 19.5 Å². The lowest BCUT2D eigenvalue weighted by Gasteiger charge is -2.15. The summed E-state index contributed by atoms with van der Waals surface area (Å²) in [4.78, 5) is 4.39. The van der Waals surface area contributed by atoms with Gasteiger partial charge in [0.2, 0.25) is 0 Å². The van der Waals surface area contributed by atoms with E-state index < -0.39 is 0 Å². The largest absolute Gasteiger partial charge is 0.335 e. The van der Waals surface area contributed by atoms with Crippen LogP contribution in [0.15, 0.2) is 12.4 Å². The summed E-state index contributed by atoms with van der Waals surface area (Å²) in [6, 6.07) is 0.636. The summed E-state index contributed by atoms with van der Waals surface area (Å²) < 4.78 is 2.22. The van der Waals surface area contributed by atoms with Crippen LogP contribution in [0.1, 0.15) is 39.4 Å². The predicted octanol–water partition coefficient (Wildman–Crippen LogP) is 2.22. The van der Waals surface area contributed by atoms with Crippen molar-refractivity contribution in [2.75, 3.05) is 6.54 Å². The van der Waals surface area contributed by atoms with E-state index in [4.69, 9.17) is 0 Å². The molecule has 3 nitrogen and oxygen atoms in total. The topological polar surface area (TPSA) is 29.9 Å². The maximum Gasteiger partial charge on any atom is 0.108 e. The van der Waals surface area contributed by atoms with Crippen molar-refractivity contribution in [1.29, 1.82) is 0 Å². The molecule has 0 fully saturated rings. The highest BCUT2D eigenvalue weighted by molar-refractivity contribution is 4.93. The molecule has 0 saturated heterocycles. The van der Waals surface area contributed by atoms with Gasteiger partial charge in [-0.3, -0.25) is 0 Å². The van der Waals surface area contributed by atoms with Crippen LogP contribution in [0.5, 0.6) is 0 Å². The Morgan fingerprint density at radius 2 is 2.20 bits per heavy atom. The zero-order valence-electron chi connectivity index (χ0n) is 10.2. The molecule has 1 unspecified atom stereocenters. The Morgan fingerprint density at radius 3 is 2.80 bits per heavy atom. The molecular weight excluding hydrogens is 186 g/mol. The molecule has 1 atom stereocenters. The van der Waals surface area contributed by atoms with Crippen LogP contribution < -0.4 is 5.32 Å². The maximum absolute atomic E-state index is 4.39. The molecule has 0 spiro atoms. The highest BCUT2D eigenvalue weighted by Crippen LogP contribution is 2.06. The smallest absolute Gasteiger partial charge is 0.108 e. The first-order valence-electron chi connectivity index (χ1n) is 6.05. The molecule has 1 aromatic heterocycles. The van der Waals surface area contributed by atoms with Crippen molar-refractivity contribution >= 4 is 0 Å². The molecule has 1 aromatic rings. The monoisotopic (exact) mass is 209 g/mol. The molecule has 0 saturated carbocycles. The van der Waals surface area contributed by atoms with Gasteiger partial charge in [0.25, 0.3) is 0 Å². The van der Waals surface area contributed by atoms with Crippen molar-refractivity contribution in [2.45, 2.75) is 52.6 Å². The van der Waals surface area contributed by atoms with Crippen LogP contribution in [-0.2, 0) is 13.0 Å². The van der Waals surface area contributed by atoms with Gasteiger partial charge in [0.05, 0.1) is 0 Å². The van der Waals surface area contributed by atoms with Gasteiger partial charge in [-0.05, 0) is 26.3 Å². The molecule has 86 valence electrons. The lowest BCUT2D eigenvalue weighted by molar-refractivity contribution is 0.471. The Balaban J connectivity index is 2.41. The standard InChI is InChI=1S/C12H23N3/c1-4-11(13-5-2)7-8-12-14-9-10-15(12)6-3/h9-11,13H,4-8H2,1-3H3. The molecule has 0 aromatic carbocycles. The van der Waals surface area contributed by atoms with Crippen LogP contribution in [-0.4, -0.2) is 22.1 Å². The average Bonchev–Trinajstić information content (AvgIpc) is 2.71. The van der Waals surface area contributed by atoms with Crippen LogP contribution in [0, 0.1) is 0 Å². The highest BCUT2D eigenvalue weighted by atomic mass is 15.1. The van der Waals surface area contributed by atoms with Crippen molar-refractivity contribution < 1.29 is 0 Å². The van der Waals surface area contributed by atoms with Crippen LogP contribution in [0.4, 0.5) is 0 Å². The van der Waals surface area contributed by atoms with Crippen molar-refractivity contribution in [1.82, 2.24) is 14.9 Å². The first kappa shape index (κ1) is 12.2. The normalized spacial score (nSPS) is 13.0. The second-order valence-corrected chi connectivity index (χ2v) is 3.83. The van der Waals surface area contributed by atoms with Gasteiger partial charge in [0.1, 0.15) is 5.82 Å². The van der Waals surface area contributed by atoms with Crippen LogP contribution in [0.3, 0.4) is 0 Å². The number of nitrogens with one attached hydrogen (secondary N) is 1. The van der Waals surface area contributed by atoms with Crippen LogP contribution in [0.2, 0.25) is 0 Å². The fourth-order valence-electron chi connectivity index (χ4n) is 1.90. The highest BCUT2D eigenvalue weighted by Gasteiger charge is 2.07. The van der Waals surface area contributed by atoms with E-state index in [1.807, 2.05) is 6.20 Å². The Kier molecular flexibility index (Phi) is 5.40. The molecule has 15 heavy (non-hydrogen) atoms. The second kappa shape index (κ2) is 6.62. The van der Waals surface area contributed by atoms with E-state index in [2.05, 4.69) is 41.8 Å². The summed E-state index contributed by atoms with van der Waals surface area (Å²) in [6.45, 7) is 8.64. The zero-order valence-corrected chi connectivity index (χ0v) is 10.2. The predicted molar refractivity (Wildman–Crippen MR) is 64.0 cm³/mol. The molecule has 3 heteroatoms. The average molecular weight is 209 g/mol. The molecule has 0 aliphatic rings. The van der Waals surface area contributed by atoms with Crippen molar-refractivity contribution in [2.24, 2.45) is 0 Å². The Bertz CT molecular complexity index is 268. The van der Waals surface area contributed by atoms with E-state index in [9.17, 15) is 0 Å². The summed E-state index contributed by atoms with van der Waals surface area (Å²) in [5.74, 6) is 1.22. The lowest BCUT2D eigenvalue weighted by Crippen LogP contribution is -2.28. The Hall–Kier alpha value is -0.830. The van der Waals surface area contributed by atoms with E-state index in [1.165, 1.54) is 18.7 Å². The van der Waals surface area contributed by atoms with Gasteiger partial charge in [-0.2, -0.15) is 0 Å². The first-order chi connectivity index (χ1) is 7.31. The summed E-state index contributed by atoms with van der Waals surface area (Å²) in [5.41, 5.74) is 0. The fourth-order valence-corrected chi connectivity index (χ4v) is 1.90. The zero-order chi connectivity index (χ0) is 11.1. The molecule has 0 amide bonds. The van der Waals surface area contributed by atoms with Crippen molar-refractivity contribution in [3.8, 4) is 0 Å². The lowest BCUT2D eigenvalue weighted by atomic mass is 10.1. The third-order valence-corrected chi connectivity index (χ3v) is 2.84. The maximum atomic E-state index is 4.39. The van der Waals surface area contributed by atoms with Gasteiger partial charge in [-0.25, -0.2) is 4.98 Å². The molecule has 1 N–H and O–H groups in total. The number of aromatic nitrogens is 2. The quantitative estimate of drug-likeness (QED) is 0.746. The van der Waals surface area contributed by atoms with E-state index in [1.54, 1.807) is 0 Å². The van der Waals surface area contributed by atoms with Gasteiger partial charge in [-0.15, -0.1) is 0 Å². The minimum absolute atomic E-state index is 0.636. The molecule has 0 bridgehead atoms. The van der Waals surface area contributed by atoms with Gasteiger partial charge < -0.3 is 9.88 Å². The third kappa shape index (κ3) is 3.67. The molecule has 1 rings (SSSR count). The molecule has 0 radical (unpaired) electrons. The summed E-state index contributed by atoms with van der Waals surface area (Å²) >= 11 is 0. The number of hydrogen-bond acceptors (Lipinski definition) is 2. The minimum Gasteiger partial charge on any atom is -0.335 e. The summed E-state index contributed by atoms with van der Waals surface area (Å²) in [6.07, 6.45) is 7.41. The van der Waals surface area contributed by atoms with Gasteiger partial charge >= 0.3 is 0 Å². The van der Waals surface area contributed by atoms with Crippen molar-refractivity contribution in [3.63, 3.8) is 0 Å². The summed E-state index contributed by atoms with van der Waals surface area (Å²) in [7, 11) is 0. The molecule has 1 heterocycles. The van der Waals surface area contributed by atoms with E-state index >= 15 is 0 Å². The fraction of sp³-hybridized carbons (Fsp3) is 0.750. The molecule has 0 aliphatic heterocycles. The summed E-state index contributed by atoms with van der Waals surface area (Å²) in [5, 5.41) is 3.50. The van der Waals surface area contributed by atoms with Gasteiger partial charge in [-0.1, -0.05) is 13.8 Å². The van der Waals surface area contributed by atoms with E-state index in [0.29, 0.717) is 6.04 Å². The van der Waals surface area contributed by atoms with Gasteiger partial charge in [0.15, 0.2) is 0 Å². The number of imidazole rings is 1. The second-order valence-electron chi connectivity index (χ2n) is 3.83. The van der Waals surface area contributed by atoms with E-state index in [-0.39, 0.29) is 0 Å².